The van der Waals surface area contributed by atoms with Crippen molar-refractivity contribution in [2.45, 2.75) is 26.4 Å². The third-order valence-corrected chi connectivity index (χ3v) is 2.96. The number of hydrogen-bond acceptors (Lipinski definition) is 3. The molecule has 1 N–H and O–H groups in total. The molecule has 0 unspecified atom stereocenters. The Morgan fingerprint density at radius 3 is 3.00 bits per heavy atom. The predicted molar refractivity (Wildman–Crippen MR) is 59.7 cm³/mol. The van der Waals surface area contributed by atoms with E-state index in [9.17, 15) is 4.79 Å². The van der Waals surface area contributed by atoms with Crippen LogP contribution in [0.15, 0.2) is 0 Å². The largest absolute Gasteiger partial charge is 0.366 e. The fourth-order valence-corrected chi connectivity index (χ4v) is 1.76. The van der Waals surface area contributed by atoms with Gasteiger partial charge in [0.25, 0.3) is 0 Å². The maximum absolute atomic E-state index is 11.4. The lowest BCUT2D eigenvalue weighted by molar-refractivity contribution is -0.138. The molecule has 1 aliphatic heterocycles. The number of carbonyl (C=O) groups is 1. The molecule has 1 fully saturated rings. The molecule has 1 rings (SSSR count). The normalized spacial score (nSPS) is 24.9. The maximum Gasteiger partial charge on any atom is 0.250 e. The van der Waals surface area contributed by atoms with E-state index in [4.69, 9.17) is 4.74 Å². The number of hydrogen-bond donors (Lipinski definition) is 1. The Kier molecular flexibility index (Phi) is 5.05. The number of morpholine rings is 1. The third kappa shape index (κ3) is 3.80. The molecule has 2 atom stereocenters. The molecule has 0 aliphatic carbocycles. The van der Waals surface area contributed by atoms with Crippen LogP contribution in [-0.2, 0) is 9.53 Å². The highest BCUT2D eigenvalue weighted by Crippen LogP contribution is 2.10. The van der Waals surface area contributed by atoms with Gasteiger partial charge in [-0.2, -0.15) is 0 Å². The van der Waals surface area contributed by atoms with Gasteiger partial charge < -0.3 is 10.1 Å². The molecule has 0 bridgehead atoms. The summed E-state index contributed by atoms with van der Waals surface area (Å²) in [7, 11) is 1.65. The van der Waals surface area contributed by atoms with E-state index in [0.29, 0.717) is 12.5 Å². The average Bonchev–Trinajstić information content (AvgIpc) is 2.28. The van der Waals surface area contributed by atoms with Crippen LogP contribution in [0.2, 0.25) is 0 Å². The van der Waals surface area contributed by atoms with Gasteiger partial charge in [-0.05, 0) is 5.92 Å². The first-order chi connectivity index (χ1) is 7.17. The molecule has 1 saturated heterocycles. The van der Waals surface area contributed by atoms with E-state index in [1.54, 1.807) is 7.05 Å². The van der Waals surface area contributed by atoms with Crippen LogP contribution in [0.5, 0.6) is 0 Å². The first kappa shape index (κ1) is 12.5. The fourth-order valence-electron chi connectivity index (χ4n) is 1.76. The summed E-state index contributed by atoms with van der Waals surface area (Å²) < 4.78 is 5.42. The quantitative estimate of drug-likeness (QED) is 0.740. The highest BCUT2D eigenvalue weighted by Gasteiger charge is 2.26. The molecule has 15 heavy (non-hydrogen) atoms. The summed E-state index contributed by atoms with van der Waals surface area (Å²) in [5.41, 5.74) is 0. The highest BCUT2D eigenvalue weighted by atomic mass is 16.5. The second-order valence-electron chi connectivity index (χ2n) is 4.25. The summed E-state index contributed by atoms with van der Waals surface area (Å²) in [6, 6.07) is 0. The Balaban J connectivity index is 2.38. The van der Waals surface area contributed by atoms with Gasteiger partial charge in [0.1, 0.15) is 6.10 Å². The molecule has 0 spiro atoms. The minimum atomic E-state index is -0.284. The minimum absolute atomic E-state index is 0.0103. The monoisotopic (exact) mass is 214 g/mol. The molecule has 0 aromatic rings. The van der Waals surface area contributed by atoms with Gasteiger partial charge in [0.2, 0.25) is 5.91 Å². The van der Waals surface area contributed by atoms with Gasteiger partial charge in [0.05, 0.1) is 6.61 Å². The Hall–Kier alpha value is -0.610. The van der Waals surface area contributed by atoms with Crippen LogP contribution in [-0.4, -0.2) is 50.2 Å². The summed E-state index contributed by atoms with van der Waals surface area (Å²) in [6.07, 6.45) is 0.898. The summed E-state index contributed by atoms with van der Waals surface area (Å²) >= 11 is 0. The summed E-state index contributed by atoms with van der Waals surface area (Å²) in [6.45, 7) is 7.83. The topological polar surface area (TPSA) is 41.6 Å². The van der Waals surface area contributed by atoms with Crippen molar-refractivity contribution in [1.29, 1.82) is 0 Å². The van der Waals surface area contributed by atoms with Crippen molar-refractivity contribution < 1.29 is 9.53 Å². The van der Waals surface area contributed by atoms with Crippen molar-refractivity contribution >= 4 is 5.91 Å². The van der Waals surface area contributed by atoms with E-state index in [0.717, 1.165) is 19.6 Å². The average molecular weight is 214 g/mol. The molecular formula is C11H22N2O2. The molecular weight excluding hydrogens is 192 g/mol. The first-order valence-corrected chi connectivity index (χ1v) is 5.73. The minimum Gasteiger partial charge on any atom is -0.366 e. The smallest absolute Gasteiger partial charge is 0.250 e. The molecule has 1 aliphatic rings. The van der Waals surface area contributed by atoms with Crippen LogP contribution in [0.25, 0.3) is 0 Å². The van der Waals surface area contributed by atoms with Gasteiger partial charge in [0, 0.05) is 26.7 Å². The maximum atomic E-state index is 11.4. The zero-order valence-electron chi connectivity index (χ0n) is 9.95. The Morgan fingerprint density at radius 2 is 2.40 bits per heavy atom. The second kappa shape index (κ2) is 6.08. The standard InChI is InChI=1S/C11H22N2O2/c1-4-9(2)7-13-5-6-15-10(8-13)11(14)12-3/h9-10H,4-8H2,1-3H3,(H,12,14)/t9-,10-/m1/s1. The Labute approximate surface area is 92.0 Å². The zero-order valence-corrected chi connectivity index (χ0v) is 9.95. The Morgan fingerprint density at radius 1 is 1.67 bits per heavy atom. The number of ether oxygens (including phenoxy) is 1. The van der Waals surface area contributed by atoms with Gasteiger partial charge >= 0.3 is 0 Å². The molecule has 1 heterocycles. The van der Waals surface area contributed by atoms with E-state index in [2.05, 4.69) is 24.1 Å². The van der Waals surface area contributed by atoms with Crippen molar-refractivity contribution in [1.82, 2.24) is 10.2 Å². The number of amides is 1. The lowest BCUT2D eigenvalue weighted by atomic mass is 10.1. The van der Waals surface area contributed by atoms with Crippen molar-refractivity contribution in [2.75, 3.05) is 33.3 Å². The van der Waals surface area contributed by atoms with Gasteiger partial charge in [-0.3, -0.25) is 9.69 Å². The molecule has 1 amide bonds. The summed E-state index contributed by atoms with van der Waals surface area (Å²) in [5, 5.41) is 2.63. The van der Waals surface area contributed by atoms with Crippen LogP contribution in [0.4, 0.5) is 0 Å². The lowest BCUT2D eigenvalue weighted by Gasteiger charge is -2.33. The van der Waals surface area contributed by atoms with Crippen LogP contribution >= 0.6 is 0 Å². The predicted octanol–water partition coefficient (Wildman–Crippen LogP) is 0.479. The van der Waals surface area contributed by atoms with Crippen LogP contribution in [0.3, 0.4) is 0 Å². The number of carbonyl (C=O) groups excluding carboxylic acids is 1. The van der Waals surface area contributed by atoms with Crippen molar-refractivity contribution in [3.8, 4) is 0 Å². The van der Waals surface area contributed by atoms with Gasteiger partial charge in [-0.15, -0.1) is 0 Å². The van der Waals surface area contributed by atoms with E-state index in [1.165, 1.54) is 6.42 Å². The zero-order chi connectivity index (χ0) is 11.3. The summed E-state index contributed by atoms with van der Waals surface area (Å²) in [5.74, 6) is 0.678. The third-order valence-electron chi connectivity index (χ3n) is 2.96. The van der Waals surface area contributed by atoms with E-state index >= 15 is 0 Å². The van der Waals surface area contributed by atoms with Gasteiger partial charge in [-0.25, -0.2) is 0 Å². The van der Waals surface area contributed by atoms with Crippen molar-refractivity contribution in [3.05, 3.63) is 0 Å². The molecule has 88 valence electrons. The van der Waals surface area contributed by atoms with Crippen molar-refractivity contribution in [3.63, 3.8) is 0 Å². The van der Waals surface area contributed by atoms with E-state index in [-0.39, 0.29) is 12.0 Å². The van der Waals surface area contributed by atoms with Gasteiger partial charge in [-0.1, -0.05) is 20.3 Å². The SMILES string of the molecule is CC[C@@H](C)CN1CCO[C@@H](C(=O)NC)C1. The summed E-state index contributed by atoms with van der Waals surface area (Å²) in [4.78, 5) is 13.7. The Bertz CT molecular complexity index is 209. The number of nitrogens with one attached hydrogen (secondary N) is 1. The molecule has 4 nitrogen and oxygen atoms in total. The molecule has 0 aromatic carbocycles. The van der Waals surface area contributed by atoms with E-state index in [1.807, 2.05) is 0 Å². The van der Waals surface area contributed by atoms with Crippen LogP contribution in [0.1, 0.15) is 20.3 Å². The fraction of sp³-hybridized carbons (Fsp3) is 0.909. The van der Waals surface area contributed by atoms with Crippen LogP contribution < -0.4 is 5.32 Å². The highest BCUT2D eigenvalue weighted by molar-refractivity contribution is 5.80. The van der Waals surface area contributed by atoms with E-state index < -0.39 is 0 Å². The second-order valence-corrected chi connectivity index (χ2v) is 4.25. The number of likely N-dealkylation sites (N-methyl/N-ethyl adjacent to an activating group) is 1. The first-order valence-electron chi connectivity index (χ1n) is 5.73. The van der Waals surface area contributed by atoms with Gasteiger partial charge in [0.15, 0.2) is 0 Å². The molecule has 0 radical (unpaired) electrons. The van der Waals surface area contributed by atoms with Crippen LogP contribution in [0, 0.1) is 5.92 Å². The number of rotatable bonds is 4. The number of nitrogens with zero attached hydrogens (tertiary/aromatic N) is 1. The molecule has 0 aromatic heterocycles. The lowest BCUT2D eigenvalue weighted by Crippen LogP contribution is -2.50. The van der Waals surface area contributed by atoms with Crippen molar-refractivity contribution in [2.24, 2.45) is 5.92 Å². The molecule has 4 heteroatoms. The molecule has 0 saturated carbocycles.